The lowest BCUT2D eigenvalue weighted by Gasteiger charge is -2.27. The van der Waals surface area contributed by atoms with Gasteiger partial charge in [0.25, 0.3) is 5.91 Å². The number of amides is 1. The molecule has 0 aliphatic carbocycles. The van der Waals surface area contributed by atoms with Gasteiger partial charge in [-0.05, 0) is 25.0 Å². The number of pyridine rings is 1. The molecule has 0 saturated heterocycles. The van der Waals surface area contributed by atoms with Crippen molar-refractivity contribution in [3.63, 3.8) is 0 Å². The van der Waals surface area contributed by atoms with Gasteiger partial charge < -0.3 is 9.30 Å². The summed E-state index contributed by atoms with van der Waals surface area (Å²) >= 11 is 0. The molecule has 2 aromatic rings. The molecule has 4 heteroatoms. The van der Waals surface area contributed by atoms with Crippen LogP contribution in [-0.2, 0) is 0 Å². The maximum atomic E-state index is 12.8. The molecule has 0 N–H and O–H groups in total. The van der Waals surface area contributed by atoms with Gasteiger partial charge in [-0.2, -0.15) is 0 Å². The van der Waals surface area contributed by atoms with Crippen molar-refractivity contribution < 1.29 is 4.79 Å². The fourth-order valence-electron chi connectivity index (χ4n) is 2.80. The van der Waals surface area contributed by atoms with Crippen LogP contribution >= 0.6 is 0 Å². The van der Waals surface area contributed by atoms with Crippen LogP contribution in [0.5, 0.6) is 0 Å². The molecular weight excluding hydrogens is 250 g/mol. The van der Waals surface area contributed by atoms with Crippen LogP contribution in [0.4, 0.5) is 0 Å². The molecule has 2 aromatic heterocycles. The van der Waals surface area contributed by atoms with Gasteiger partial charge in [-0.15, -0.1) is 0 Å². The summed E-state index contributed by atoms with van der Waals surface area (Å²) in [6.07, 6.45) is 8.06. The summed E-state index contributed by atoms with van der Waals surface area (Å²) in [6.45, 7) is 6.90. The molecule has 3 heterocycles. The van der Waals surface area contributed by atoms with Crippen LogP contribution in [-0.4, -0.2) is 32.8 Å². The van der Waals surface area contributed by atoms with Gasteiger partial charge in [0.1, 0.15) is 5.65 Å². The first kappa shape index (κ1) is 12.9. The molecule has 0 spiro atoms. The van der Waals surface area contributed by atoms with Crippen molar-refractivity contribution in [3.8, 4) is 0 Å². The Morgan fingerprint density at radius 3 is 3.00 bits per heavy atom. The summed E-state index contributed by atoms with van der Waals surface area (Å²) in [7, 11) is 0. The molecule has 1 aliphatic rings. The van der Waals surface area contributed by atoms with Crippen LogP contribution in [0.2, 0.25) is 0 Å². The molecule has 1 amide bonds. The van der Waals surface area contributed by atoms with E-state index in [0.29, 0.717) is 18.0 Å². The van der Waals surface area contributed by atoms with Gasteiger partial charge in [0, 0.05) is 18.9 Å². The van der Waals surface area contributed by atoms with Gasteiger partial charge in [-0.1, -0.05) is 26.0 Å². The molecule has 0 aromatic carbocycles. The maximum Gasteiger partial charge on any atom is 0.258 e. The second-order valence-electron chi connectivity index (χ2n) is 5.66. The average molecular weight is 269 g/mol. The Balaban J connectivity index is 2.01. The maximum absolute atomic E-state index is 12.8. The minimum atomic E-state index is 0.0601. The van der Waals surface area contributed by atoms with Crippen molar-refractivity contribution in [3.05, 3.63) is 47.9 Å². The number of rotatable bonds is 2. The Bertz CT molecular complexity index is 684. The number of nitrogens with zero attached hydrogens (tertiary/aromatic N) is 3. The normalized spacial score (nSPS) is 18.4. The number of imidazole rings is 1. The zero-order chi connectivity index (χ0) is 14.3. The second kappa shape index (κ2) is 4.78. The smallest absolute Gasteiger partial charge is 0.258 e. The standard InChI is InChI=1S/C16H19N3O/c1-11(2)14-7-5-9-19(14)16(20)13-6-4-8-18-10-12(3)17-15(13)18/h4-8,10-11,14H,9H2,1-3H3. The lowest BCUT2D eigenvalue weighted by molar-refractivity contribution is 0.0722. The second-order valence-corrected chi connectivity index (χ2v) is 5.66. The quantitative estimate of drug-likeness (QED) is 0.786. The molecule has 3 rings (SSSR count). The van der Waals surface area contributed by atoms with E-state index < -0.39 is 0 Å². The fourth-order valence-corrected chi connectivity index (χ4v) is 2.80. The third kappa shape index (κ3) is 2.01. The Morgan fingerprint density at radius 2 is 2.25 bits per heavy atom. The van der Waals surface area contributed by atoms with E-state index in [1.807, 2.05) is 40.8 Å². The molecule has 1 aliphatic heterocycles. The van der Waals surface area contributed by atoms with E-state index in [9.17, 15) is 4.79 Å². The van der Waals surface area contributed by atoms with E-state index in [0.717, 1.165) is 11.3 Å². The molecular formula is C16H19N3O. The first-order valence-corrected chi connectivity index (χ1v) is 7.00. The summed E-state index contributed by atoms with van der Waals surface area (Å²) in [6, 6.07) is 3.94. The SMILES string of the molecule is Cc1cn2cccc(C(=O)N3CC=CC3C(C)C)c2n1. The van der Waals surface area contributed by atoms with Crippen LogP contribution in [0.1, 0.15) is 29.9 Å². The molecule has 0 saturated carbocycles. The highest BCUT2D eigenvalue weighted by Crippen LogP contribution is 2.22. The zero-order valence-corrected chi connectivity index (χ0v) is 12.1. The minimum absolute atomic E-state index is 0.0601. The van der Waals surface area contributed by atoms with E-state index in [4.69, 9.17) is 0 Å². The monoisotopic (exact) mass is 269 g/mol. The van der Waals surface area contributed by atoms with E-state index in [1.54, 1.807) is 0 Å². The lowest BCUT2D eigenvalue weighted by atomic mass is 10.0. The average Bonchev–Trinajstić information content (AvgIpc) is 3.01. The predicted molar refractivity (Wildman–Crippen MR) is 78.7 cm³/mol. The van der Waals surface area contributed by atoms with Crippen LogP contribution in [0.25, 0.3) is 5.65 Å². The zero-order valence-electron chi connectivity index (χ0n) is 12.1. The number of fused-ring (bicyclic) bond motifs is 1. The largest absolute Gasteiger partial charge is 0.328 e. The van der Waals surface area contributed by atoms with Crippen molar-refractivity contribution in [2.75, 3.05) is 6.54 Å². The number of carbonyl (C=O) groups is 1. The van der Waals surface area contributed by atoms with Gasteiger partial charge in [0.05, 0.1) is 17.3 Å². The molecule has 0 fully saturated rings. The summed E-state index contributed by atoms with van der Waals surface area (Å²) in [5, 5.41) is 0. The molecule has 104 valence electrons. The van der Waals surface area contributed by atoms with E-state index in [2.05, 4.69) is 31.0 Å². The summed E-state index contributed by atoms with van der Waals surface area (Å²) in [5.41, 5.74) is 2.34. The van der Waals surface area contributed by atoms with Crippen LogP contribution in [0.3, 0.4) is 0 Å². The van der Waals surface area contributed by atoms with Crippen LogP contribution in [0, 0.1) is 12.8 Å². The van der Waals surface area contributed by atoms with Crippen molar-refractivity contribution >= 4 is 11.6 Å². The van der Waals surface area contributed by atoms with Gasteiger partial charge >= 0.3 is 0 Å². The van der Waals surface area contributed by atoms with Gasteiger partial charge in [0.15, 0.2) is 0 Å². The van der Waals surface area contributed by atoms with Crippen molar-refractivity contribution in [2.45, 2.75) is 26.8 Å². The Labute approximate surface area is 118 Å². The lowest BCUT2D eigenvalue weighted by Crippen LogP contribution is -2.39. The summed E-state index contributed by atoms with van der Waals surface area (Å²) < 4.78 is 1.91. The predicted octanol–water partition coefficient (Wildman–Crippen LogP) is 2.68. The number of aromatic nitrogens is 2. The first-order valence-electron chi connectivity index (χ1n) is 7.00. The Hall–Kier alpha value is -2.10. The fraction of sp³-hybridized carbons (Fsp3) is 0.375. The van der Waals surface area contributed by atoms with Crippen molar-refractivity contribution in [1.82, 2.24) is 14.3 Å². The van der Waals surface area contributed by atoms with Crippen LogP contribution in [0.15, 0.2) is 36.7 Å². The minimum Gasteiger partial charge on any atom is -0.328 e. The van der Waals surface area contributed by atoms with E-state index in [1.165, 1.54) is 0 Å². The number of carbonyl (C=O) groups excluding carboxylic acids is 1. The van der Waals surface area contributed by atoms with Gasteiger partial charge in [0.2, 0.25) is 0 Å². The van der Waals surface area contributed by atoms with E-state index in [-0.39, 0.29) is 11.9 Å². The highest BCUT2D eigenvalue weighted by atomic mass is 16.2. The van der Waals surface area contributed by atoms with Gasteiger partial charge in [-0.3, -0.25) is 4.79 Å². The highest BCUT2D eigenvalue weighted by Gasteiger charge is 2.29. The number of hydrogen-bond donors (Lipinski definition) is 0. The van der Waals surface area contributed by atoms with Crippen LogP contribution < -0.4 is 0 Å². The Morgan fingerprint density at radius 1 is 1.45 bits per heavy atom. The molecule has 1 atom stereocenters. The number of aryl methyl sites for hydroxylation is 1. The molecule has 4 nitrogen and oxygen atoms in total. The summed E-state index contributed by atoms with van der Waals surface area (Å²) in [4.78, 5) is 19.2. The van der Waals surface area contributed by atoms with Crippen molar-refractivity contribution in [2.24, 2.45) is 5.92 Å². The highest BCUT2D eigenvalue weighted by molar-refractivity contribution is 6.00. The van der Waals surface area contributed by atoms with E-state index >= 15 is 0 Å². The van der Waals surface area contributed by atoms with Crippen molar-refractivity contribution in [1.29, 1.82) is 0 Å². The molecule has 0 bridgehead atoms. The third-order valence-corrected chi connectivity index (χ3v) is 3.77. The molecule has 1 unspecified atom stereocenters. The molecule has 20 heavy (non-hydrogen) atoms. The topological polar surface area (TPSA) is 37.6 Å². The number of hydrogen-bond acceptors (Lipinski definition) is 2. The Kier molecular flexibility index (Phi) is 3.08. The first-order chi connectivity index (χ1) is 9.58. The third-order valence-electron chi connectivity index (χ3n) is 3.77. The van der Waals surface area contributed by atoms with Gasteiger partial charge in [-0.25, -0.2) is 4.98 Å². The molecule has 0 radical (unpaired) electrons. The summed E-state index contributed by atoms with van der Waals surface area (Å²) in [5.74, 6) is 0.476.